The third-order valence-electron chi connectivity index (χ3n) is 7.96. The number of likely N-dealkylation sites (N-methyl/N-ethyl adjacent to an activating group) is 1. The maximum atomic E-state index is 13.2. The first kappa shape index (κ1) is 28.6. The van der Waals surface area contributed by atoms with Gasteiger partial charge in [0.1, 0.15) is 0 Å². The van der Waals surface area contributed by atoms with Gasteiger partial charge in [-0.25, -0.2) is 0 Å². The smallest absolute Gasteiger partial charge is 0.242 e. The quantitative estimate of drug-likeness (QED) is 0.408. The normalized spacial score (nSPS) is 15.7. The zero-order chi connectivity index (χ0) is 27.8. The summed E-state index contributed by atoms with van der Waals surface area (Å²) in [5.74, 6) is 2.35. The number of carbonyl (C=O) groups is 2. The van der Waals surface area contributed by atoms with Crippen LogP contribution in [0.5, 0.6) is 11.5 Å². The minimum Gasteiger partial charge on any atom is -0.493 e. The maximum Gasteiger partial charge on any atom is 0.242 e. The molecule has 0 N–H and O–H groups in total. The van der Waals surface area contributed by atoms with Crippen molar-refractivity contribution >= 4 is 17.6 Å². The van der Waals surface area contributed by atoms with Gasteiger partial charge in [-0.2, -0.15) is 0 Å². The van der Waals surface area contributed by atoms with E-state index in [1.165, 1.54) is 0 Å². The first-order valence-corrected chi connectivity index (χ1v) is 14.1. The van der Waals surface area contributed by atoms with E-state index in [0.717, 1.165) is 56.0 Å². The van der Waals surface area contributed by atoms with Gasteiger partial charge in [0, 0.05) is 50.7 Å². The molecular formula is C29H42N6O4. The molecule has 2 aliphatic rings. The molecule has 2 fully saturated rings. The molecule has 1 aromatic carbocycles. The molecule has 2 aromatic rings. The number of carbonyl (C=O) groups excluding carboxylic acids is 2. The molecule has 0 spiro atoms. The van der Waals surface area contributed by atoms with E-state index in [1.807, 2.05) is 35.2 Å². The molecule has 0 unspecified atom stereocenters. The van der Waals surface area contributed by atoms with Crippen LogP contribution in [0.3, 0.4) is 0 Å². The minimum atomic E-state index is 0.0248. The van der Waals surface area contributed by atoms with Crippen molar-refractivity contribution in [2.24, 2.45) is 5.92 Å². The Morgan fingerprint density at radius 2 is 1.64 bits per heavy atom. The van der Waals surface area contributed by atoms with E-state index in [1.54, 1.807) is 19.1 Å². The van der Waals surface area contributed by atoms with Crippen LogP contribution in [0.2, 0.25) is 0 Å². The van der Waals surface area contributed by atoms with Crippen LogP contribution < -0.4 is 14.4 Å². The zero-order valence-corrected chi connectivity index (χ0v) is 23.8. The Hall–Kier alpha value is -3.40. The lowest BCUT2D eigenvalue weighted by Gasteiger charge is -2.37. The number of ether oxygens (including phenoxy) is 2. The Morgan fingerprint density at radius 3 is 2.21 bits per heavy atom. The molecule has 10 heteroatoms. The third-order valence-corrected chi connectivity index (χ3v) is 7.96. The first-order valence-electron chi connectivity index (χ1n) is 14.1. The predicted molar refractivity (Wildman–Crippen MR) is 151 cm³/mol. The van der Waals surface area contributed by atoms with Gasteiger partial charge in [0.2, 0.25) is 11.8 Å². The van der Waals surface area contributed by atoms with Crippen LogP contribution in [0.4, 0.5) is 5.82 Å². The van der Waals surface area contributed by atoms with Crippen LogP contribution in [0, 0.1) is 5.92 Å². The van der Waals surface area contributed by atoms with Crippen LogP contribution in [0.15, 0.2) is 30.3 Å². The second-order valence-corrected chi connectivity index (χ2v) is 10.1. The molecule has 1 aromatic heterocycles. The molecule has 1 saturated heterocycles. The Balaban J connectivity index is 1.32. The van der Waals surface area contributed by atoms with Crippen LogP contribution in [0.1, 0.15) is 33.1 Å². The van der Waals surface area contributed by atoms with Gasteiger partial charge in [0.05, 0.1) is 26.5 Å². The van der Waals surface area contributed by atoms with E-state index < -0.39 is 0 Å². The van der Waals surface area contributed by atoms with Gasteiger partial charge >= 0.3 is 0 Å². The monoisotopic (exact) mass is 538 g/mol. The summed E-state index contributed by atoms with van der Waals surface area (Å²) in [5.41, 5.74) is 1.64. The number of piperazine rings is 1. The fraction of sp³-hybridized carbons (Fsp3) is 0.586. The maximum absolute atomic E-state index is 13.2. The number of anilines is 1. The molecule has 1 aliphatic carbocycles. The fourth-order valence-electron chi connectivity index (χ4n) is 5.07. The van der Waals surface area contributed by atoms with Crippen molar-refractivity contribution in [1.82, 2.24) is 24.9 Å². The molecule has 4 rings (SSSR count). The average molecular weight is 539 g/mol. The number of benzene rings is 1. The van der Waals surface area contributed by atoms with Crippen molar-refractivity contribution < 1.29 is 19.1 Å². The average Bonchev–Trinajstić information content (AvgIpc) is 2.95. The van der Waals surface area contributed by atoms with Crippen molar-refractivity contribution in [3.8, 4) is 22.8 Å². The number of rotatable bonds is 12. The van der Waals surface area contributed by atoms with Crippen LogP contribution in [0.25, 0.3) is 11.3 Å². The third kappa shape index (κ3) is 6.98. The highest BCUT2D eigenvalue weighted by Crippen LogP contribution is 2.32. The Morgan fingerprint density at radius 1 is 0.923 bits per heavy atom. The van der Waals surface area contributed by atoms with Crippen molar-refractivity contribution in [1.29, 1.82) is 0 Å². The number of aromatic nitrogens is 2. The largest absolute Gasteiger partial charge is 0.493 e. The summed E-state index contributed by atoms with van der Waals surface area (Å²) in [4.78, 5) is 34.4. The summed E-state index contributed by atoms with van der Waals surface area (Å²) in [7, 11) is 3.22. The van der Waals surface area contributed by atoms with Gasteiger partial charge < -0.3 is 29.1 Å². The molecule has 0 radical (unpaired) electrons. The molecule has 212 valence electrons. The number of hydrogen-bond acceptors (Lipinski definition) is 8. The fourth-order valence-corrected chi connectivity index (χ4v) is 5.07. The van der Waals surface area contributed by atoms with E-state index in [0.29, 0.717) is 44.2 Å². The second kappa shape index (κ2) is 13.6. The van der Waals surface area contributed by atoms with Gasteiger partial charge in [-0.15, -0.1) is 10.2 Å². The highest BCUT2D eigenvalue weighted by molar-refractivity contribution is 5.86. The van der Waals surface area contributed by atoms with Crippen LogP contribution in [-0.4, -0.2) is 110 Å². The van der Waals surface area contributed by atoms with E-state index in [-0.39, 0.29) is 24.3 Å². The van der Waals surface area contributed by atoms with Crippen molar-refractivity contribution in [2.45, 2.75) is 33.1 Å². The highest BCUT2D eigenvalue weighted by atomic mass is 16.5. The summed E-state index contributed by atoms with van der Waals surface area (Å²) >= 11 is 0. The predicted octanol–water partition coefficient (Wildman–Crippen LogP) is 2.78. The van der Waals surface area contributed by atoms with Crippen molar-refractivity contribution in [3.05, 3.63) is 30.3 Å². The lowest BCUT2D eigenvalue weighted by molar-refractivity contribution is -0.145. The summed E-state index contributed by atoms with van der Waals surface area (Å²) in [6.45, 7) is 10.2. The van der Waals surface area contributed by atoms with E-state index in [9.17, 15) is 9.59 Å². The van der Waals surface area contributed by atoms with Gasteiger partial charge in [-0.1, -0.05) is 20.3 Å². The summed E-state index contributed by atoms with van der Waals surface area (Å²) in [6.07, 6.45) is 2.99. The van der Waals surface area contributed by atoms with E-state index >= 15 is 0 Å². The number of hydrogen-bond donors (Lipinski definition) is 0. The molecule has 1 aliphatic heterocycles. The lowest BCUT2D eigenvalue weighted by Crippen LogP contribution is -2.53. The number of amides is 2. The topological polar surface area (TPSA) is 91.3 Å². The first-order chi connectivity index (χ1) is 19.0. The second-order valence-electron chi connectivity index (χ2n) is 10.1. The van der Waals surface area contributed by atoms with Crippen molar-refractivity contribution in [3.63, 3.8) is 0 Å². The molecule has 39 heavy (non-hydrogen) atoms. The molecule has 0 bridgehead atoms. The molecule has 0 atom stereocenters. The molecule has 2 heterocycles. The van der Waals surface area contributed by atoms with Crippen LogP contribution >= 0.6 is 0 Å². The van der Waals surface area contributed by atoms with Gasteiger partial charge in [-0.05, 0) is 56.3 Å². The van der Waals surface area contributed by atoms with Gasteiger partial charge in [0.25, 0.3) is 0 Å². The standard InChI is InChI=1S/C29H42N6O4/c1-5-32(6-2)14-15-35(29(37)22-8-7-9-22)21-28(36)34-18-16-33(17-19-34)27-13-11-24(30-31-27)23-10-12-25(38-3)26(20-23)39-4/h10-13,20,22H,5-9,14-19,21H2,1-4H3. The summed E-state index contributed by atoms with van der Waals surface area (Å²) in [6, 6.07) is 9.57. The summed E-state index contributed by atoms with van der Waals surface area (Å²) in [5, 5.41) is 8.88. The van der Waals surface area contributed by atoms with Crippen LogP contribution in [-0.2, 0) is 9.59 Å². The number of methoxy groups -OCH3 is 2. The molecule has 1 saturated carbocycles. The molecule has 2 amide bonds. The Labute approximate surface area is 231 Å². The van der Waals surface area contributed by atoms with E-state index in [2.05, 4.69) is 33.8 Å². The Kier molecular flexibility index (Phi) is 9.97. The molecule has 10 nitrogen and oxygen atoms in total. The van der Waals surface area contributed by atoms with Gasteiger partial charge in [-0.3, -0.25) is 9.59 Å². The zero-order valence-electron chi connectivity index (χ0n) is 23.8. The summed E-state index contributed by atoms with van der Waals surface area (Å²) < 4.78 is 10.7. The van der Waals surface area contributed by atoms with Crippen molar-refractivity contribution in [2.75, 3.05) is 78.0 Å². The Bertz CT molecular complexity index is 1100. The highest BCUT2D eigenvalue weighted by Gasteiger charge is 2.32. The molecular weight excluding hydrogens is 496 g/mol. The number of nitrogens with zero attached hydrogens (tertiary/aromatic N) is 6. The van der Waals surface area contributed by atoms with Gasteiger partial charge in [0.15, 0.2) is 17.3 Å². The SMILES string of the molecule is CCN(CC)CCN(CC(=O)N1CCN(c2ccc(-c3ccc(OC)c(OC)c3)nn2)CC1)C(=O)C1CCC1. The van der Waals surface area contributed by atoms with E-state index in [4.69, 9.17) is 9.47 Å². The lowest BCUT2D eigenvalue weighted by atomic mass is 9.84. The minimum absolute atomic E-state index is 0.0248.